The topological polar surface area (TPSA) is 35.6 Å². The monoisotopic (exact) mass is 303 g/mol. The number of amides is 2. The van der Waals surface area contributed by atoms with E-state index in [2.05, 4.69) is 47.5 Å². The normalized spacial score (nSPS) is 15.8. The molecule has 1 fully saturated rings. The van der Waals surface area contributed by atoms with E-state index in [1.165, 1.54) is 12.0 Å². The van der Waals surface area contributed by atoms with Crippen LogP contribution in [0.3, 0.4) is 0 Å². The lowest BCUT2D eigenvalue weighted by molar-refractivity contribution is 0.138. The summed E-state index contributed by atoms with van der Waals surface area (Å²) in [6.07, 6.45) is 4.51. The second-order valence-corrected chi connectivity index (χ2v) is 6.00. The fourth-order valence-corrected chi connectivity index (χ4v) is 2.81. The maximum absolute atomic E-state index is 12.0. The summed E-state index contributed by atoms with van der Waals surface area (Å²) in [4.78, 5) is 16.4. The molecule has 1 aliphatic rings. The third kappa shape index (κ3) is 5.68. The number of carbonyl (C=O) groups excluding carboxylic acids is 1. The minimum atomic E-state index is 0.109. The first-order valence-corrected chi connectivity index (χ1v) is 8.58. The van der Waals surface area contributed by atoms with Crippen molar-refractivity contribution in [2.24, 2.45) is 0 Å². The molecule has 0 spiro atoms. The third-order valence-corrected chi connectivity index (χ3v) is 4.25. The maximum atomic E-state index is 12.0. The molecular weight excluding hydrogens is 274 g/mol. The number of hydrogen-bond acceptors (Lipinski definition) is 2. The highest BCUT2D eigenvalue weighted by Gasteiger charge is 2.20. The molecule has 0 saturated carbocycles. The lowest BCUT2D eigenvalue weighted by Crippen LogP contribution is -2.52. The van der Waals surface area contributed by atoms with Crippen LogP contribution in [-0.2, 0) is 6.42 Å². The van der Waals surface area contributed by atoms with Gasteiger partial charge in [-0.15, -0.1) is 0 Å². The zero-order chi connectivity index (χ0) is 15.6. The molecule has 1 aliphatic heterocycles. The molecule has 1 aromatic carbocycles. The second kappa shape index (κ2) is 9.46. The average Bonchev–Trinajstić information content (AvgIpc) is 2.56. The van der Waals surface area contributed by atoms with E-state index < -0.39 is 0 Å². The zero-order valence-corrected chi connectivity index (χ0v) is 13.8. The Bertz CT molecular complexity index is 427. The van der Waals surface area contributed by atoms with Crippen LogP contribution in [0.25, 0.3) is 0 Å². The quantitative estimate of drug-likeness (QED) is 0.786. The Morgan fingerprint density at radius 1 is 1.09 bits per heavy atom. The summed E-state index contributed by atoms with van der Waals surface area (Å²) in [5.74, 6) is 0. The Balaban J connectivity index is 1.59. The fraction of sp³-hybridized carbons (Fsp3) is 0.611. The Hall–Kier alpha value is -1.55. The molecule has 0 aliphatic carbocycles. The van der Waals surface area contributed by atoms with Crippen LogP contribution < -0.4 is 5.32 Å². The minimum Gasteiger partial charge on any atom is -0.338 e. The van der Waals surface area contributed by atoms with Crippen molar-refractivity contribution in [3.8, 4) is 0 Å². The molecule has 0 atom stereocenters. The fourth-order valence-electron chi connectivity index (χ4n) is 2.81. The molecule has 2 amide bonds. The Labute approximate surface area is 134 Å². The van der Waals surface area contributed by atoms with E-state index in [1.807, 2.05) is 4.90 Å². The first-order valence-electron chi connectivity index (χ1n) is 8.58. The molecule has 4 nitrogen and oxygen atoms in total. The number of nitrogens with zero attached hydrogens (tertiary/aromatic N) is 2. The molecule has 122 valence electrons. The summed E-state index contributed by atoms with van der Waals surface area (Å²) < 4.78 is 0. The van der Waals surface area contributed by atoms with E-state index in [0.29, 0.717) is 0 Å². The van der Waals surface area contributed by atoms with Gasteiger partial charge in [0.15, 0.2) is 0 Å². The number of piperazine rings is 1. The van der Waals surface area contributed by atoms with Crippen molar-refractivity contribution in [3.63, 3.8) is 0 Å². The van der Waals surface area contributed by atoms with Crippen LogP contribution in [0, 0.1) is 0 Å². The highest BCUT2D eigenvalue weighted by molar-refractivity contribution is 5.74. The summed E-state index contributed by atoms with van der Waals surface area (Å²) in [6.45, 7) is 7.76. The Morgan fingerprint density at radius 2 is 1.82 bits per heavy atom. The van der Waals surface area contributed by atoms with Gasteiger partial charge in [-0.25, -0.2) is 4.79 Å². The predicted molar refractivity (Wildman–Crippen MR) is 91.1 cm³/mol. The van der Waals surface area contributed by atoms with Crippen molar-refractivity contribution in [3.05, 3.63) is 35.9 Å². The van der Waals surface area contributed by atoms with Gasteiger partial charge in [0.1, 0.15) is 0 Å². The van der Waals surface area contributed by atoms with Gasteiger partial charge in [-0.3, -0.25) is 4.90 Å². The highest BCUT2D eigenvalue weighted by Crippen LogP contribution is 2.06. The highest BCUT2D eigenvalue weighted by atomic mass is 16.2. The van der Waals surface area contributed by atoms with Gasteiger partial charge in [0.2, 0.25) is 0 Å². The number of urea groups is 1. The van der Waals surface area contributed by atoms with E-state index in [4.69, 9.17) is 0 Å². The van der Waals surface area contributed by atoms with Crippen molar-refractivity contribution in [2.75, 3.05) is 39.3 Å². The molecule has 0 radical (unpaired) electrons. The maximum Gasteiger partial charge on any atom is 0.317 e. The van der Waals surface area contributed by atoms with Crippen LogP contribution in [0.2, 0.25) is 0 Å². The van der Waals surface area contributed by atoms with Crippen LogP contribution in [0.4, 0.5) is 4.79 Å². The van der Waals surface area contributed by atoms with E-state index in [1.54, 1.807) is 0 Å². The second-order valence-electron chi connectivity index (χ2n) is 6.00. The molecule has 22 heavy (non-hydrogen) atoms. The van der Waals surface area contributed by atoms with Crippen molar-refractivity contribution in [1.82, 2.24) is 15.1 Å². The van der Waals surface area contributed by atoms with E-state index in [-0.39, 0.29) is 6.03 Å². The molecule has 1 N–H and O–H groups in total. The lowest BCUT2D eigenvalue weighted by atomic mass is 10.1. The smallest absolute Gasteiger partial charge is 0.317 e. The number of nitrogens with one attached hydrogen (secondary N) is 1. The summed E-state index contributed by atoms with van der Waals surface area (Å²) in [5.41, 5.74) is 1.41. The van der Waals surface area contributed by atoms with Crippen molar-refractivity contribution in [1.29, 1.82) is 0 Å². The van der Waals surface area contributed by atoms with Gasteiger partial charge in [0, 0.05) is 32.7 Å². The molecule has 2 rings (SSSR count). The SMILES string of the molecule is CCCCNC(=O)N1CCN(CCCc2ccccc2)CC1. The number of carbonyl (C=O) groups is 1. The van der Waals surface area contributed by atoms with E-state index >= 15 is 0 Å². The zero-order valence-electron chi connectivity index (χ0n) is 13.8. The first-order chi connectivity index (χ1) is 10.8. The van der Waals surface area contributed by atoms with Gasteiger partial charge in [0.05, 0.1) is 0 Å². The first kappa shape index (κ1) is 16.8. The number of benzene rings is 1. The van der Waals surface area contributed by atoms with Gasteiger partial charge in [-0.2, -0.15) is 0 Å². The lowest BCUT2D eigenvalue weighted by Gasteiger charge is -2.34. The summed E-state index contributed by atoms with van der Waals surface area (Å²) in [7, 11) is 0. The van der Waals surface area contributed by atoms with Crippen molar-refractivity contribution in [2.45, 2.75) is 32.6 Å². The standard InChI is InChI=1S/C18H29N3O/c1-2-3-11-19-18(22)21-15-13-20(14-16-21)12-7-10-17-8-5-4-6-9-17/h4-6,8-9H,2-3,7,10-16H2,1H3,(H,19,22). The molecule has 0 bridgehead atoms. The molecule has 0 aromatic heterocycles. The minimum absolute atomic E-state index is 0.109. The third-order valence-electron chi connectivity index (χ3n) is 4.25. The number of unbranched alkanes of at least 4 members (excludes halogenated alkanes) is 1. The molecular formula is C18H29N3O. The average molecular weight is 303 g/mol. The summed E-state index contributed by atoms with van der Waals surface area (Å²) >= 11 is 0. The van der Waals surface area contributed by atoms with Crippen LogP contribution in [-0.4, -0.2) is 55.1 Å². The van der Waals surface area contributed by atoms with E-state index in [0.717, 1.165) is 58.5 Å². The van der Waals surface area contributed by atoms with Crippen LogP contribution in [0.5, 0.6) is 0 Å². The van der Waals surface area contributed by atoms with Crippen LogP contribution in [0.15, 0.2) is 30.3 Å². The predicted octanol–water partition coefficient (Wildman–Crippen LogP) is 2.75. The van der Waals surface area contributed by atoms with Crippen LogP contribution >= 0.6 is 0 Å². The van der Waals surface area contributed by atoms with Crippen LogP contribution in [0.1, 0.15) is 31.7 Å². The van der Waals surface area contributed by atoms with Gasteiger partial charge in [0.25, 0.3) is 0 Å². The molecule has 4 heteroatoms. The van der Waals surface area contributed by atoms with E-state index in [9.17, 15) is 4.79 Å². The number of aryl methyl sites for hydroxylation is 1. The van der Waals surface area contributed by atoms with Crippen molar-refractivity contribution < 1.29 is 4.79 Å². The largest absolute Gasteiger partial charge is 0.338 e. The van der Waals surface area contributed by atoms with Gasteiger partial charge in [-0.05, 0) is 31.4 Å². The summed E-state index contributed by atoms with van der Waals surface area (Å²) in [6, 6.07) is 10.8. The van der Waals surface area contributed by atoms with Gasteiger partial charge in [-0.1, -0.05) is 43.7 Å². The van der Waals surface area contributed by atoms with Gasteiger partial charge < -0.3 is 10.2 Å². The summed E-state index contributed by atoms with van der Waals surface area (Å²) in [5, 5.41) is 3.00. The Kier molecular flexibility index (Phi) is 7.23. The number of hydrogen-bond donors (Lipinski definition) is 1. The number of rotatable bonds is 7. The van der Waals surface area contributed by atoms with Crippen molar-refractivity contribution >= 4 is 6.03 Å². The molecule has 1 aromatic rings. The Morgan fingerprint density at radius 3 is 2.50 bits per heavy atom. The van der Waals surface area contributed by atoms with Gasteiger partial charge >= 0.3 is 6.03 Å². The molecule has 1 saturated heterocycles. The molecule has 0 unspecified atom stereocenters. The molecule has 1 heterocycles.